The van der Waals surface area contributed by atoms with Gasteiger partial charge in [-0.05, 0) is 17.9 Å². The molecule has 1 aromatic carbocycles. The van der Waals surface area contributed by atoms with Crippen LogP contribution in [0.4, 0.5) is 0 Å². The van der Waals surface area contributed by atoms with Crippen molar-refractivity contribution in [2.45, 2.75) is 26.7 Å². The Balaban J connectivity index is 2.77. The normalized spacial score (nSPS) is 11.6. The first-order valence-corrected chi connectivity index (χ1v) is 5.94. The summed E-state index contributed by atoms with van der Waals surface area (Å²) in [4.78, 5) is 11.6. The SMILES string of the molecule is COC(=O)/C(=C\CC(C)C)Cc1ccccc1. The zero-order chi connectivity index (χ0) is 12.7. The molecule has 17 heavy (non-hydrogen) atoms. The number of ether oxygens (including phenoxy) is 1. The van der Waals surface area contributed by atoms with Gasteiger partial charge in [0, 0.05) is 12.0 Å². The Morgan fingerprint density at radius 3 is 2.47 bits per heavy atom. The summed E-state index contributed by atoms with van der Waals surface area (Å²) >= 11 is 0. The van der Waals surface area contributed by atoms with Gasteiger partial charge in [0.25, 0.3) is 0 Å². The zero-order valence-corrected chi connectivity index (χ0v) is 10.8. The van der Waals surface area contributed by atoms with Crippen molar-refractivity contribution in [2.24, 2.45) is 5.92 Å². The van der Waals surface area contributed by atoms with Crippen molar-refractivity contribution in [3.8, 4) is 0 Å². The van der Waals surface area contributed by atoms with Crippen molar-refractivity contribution in [2.75, 3.05) is 7.11 Å². The molecule has 0 N–H and O–H groups in total. The van der Waals surface area contributed by atoms with Gasteiger partial charge in [0.1, 0.15) is 0 Å². The molecule has 0 fully saturated rings. The molecule has 0 aliphatic rings. The summed E-state index contributed by atoms with van der Waals surface area (Å²) in [6.45, 7) is 4.27. The van der Waals surface area contributed by atoms with Crippen LogP contribution in [0.3, 0.4) is 0 Å². The van der Waals surface area contributed by atoms with E-state index < -0.39 is 0 Å². The van der Waals surface area contributed by atoms with Crippen LogP contribution in [-0.2, 0) is 16.0 Å². The number of benzene rings is 1. The highest BCUT2D eigenvalue weighted by atomic mass is 16.5. The van der Waals surface area contributed by atoms with Gasteiger partial charge in [-0.3, -0.25) is 0 Å². The third-order valence-corrected chi connectivity index (χ3v) is 2.52. The minimum Gasteiger partial charge on any atom is -0.466 e. The van der Waals surface area contributed by atoms with E-state index in [2.05, 4.69) is 13.8 Å². The minimum absolute atomic E-state index is 0.227. The standard InChI is InChI=1S/C15H20O2/c1-12(2)9-10-14(15(16)17-3)11-13-7-5-4-6-8-13/h4-8,10,12H,9,11H2,1-3H3/b14-10-. The predicted molar refractivity (Wildman–Crippen MR) is 69.7 cm³/mol. The van der Waals surface area contributed by atoms with Crippen LogP contribution in [-0.4, -0.2) is 13.1 Å². The van der Waals surface area contributed by atoms with Crippen LogP contribution in [0.15, 0.2) is 42.0 Å². The van der Waals surface area contributed by atoms with E-state index in [0.29, 0.717) is 12.3 Å². The molecule has 0 aliphatic carbocycles. The molecule has 0 unspecified atom stereocenters. The molecule has 0 heterocycles. The monoisotopic (exact) mass is 232 g/mol. The Bertz CT molecular complexity index is 377. The lowest BCUT2D eigenvalue weighted by Crippen LogP contribution is -2.08. The van der Waals surface area contributed by atoms with E-state index in [4.69, 9.17) is 4.74 Å². The zero-order valence-electron chi connectivity index (χ0n) is 10.8. The average Bonchev–Trinajstić information content (AvgIpc) is 2.34. The van der Waals surface area contributed by atoms with Crippen molar-refractivity contribution in [1.29, 1.82) is 0 Å². The maximum absolute atomic E-state index is 11.6. The van der Waals surface area contributed by atoms with Crippen LogP contribution < -0.4 is 0 Å². The van der Waals surface area contributed by atoms with Gasteiger partial charge in [0.15, 0.2) is 0 Å². The molecule has 0 saturated heterocycles. The van der Waals surface area contributed by atoms with E-state index in [0.717, 1.165) is 17.6 Å². The van der Waals surface area contributed by atoms with Crippen molar-refractivity contribution in [1.82, 2.24) is 0 Å². The van der Waals surface area contributed by atoms with Crippen molar-refractivity contribution < 1.29 is 9.53 Å². The number of hydrogen-bond acceptors (Lipinski definition) is 2. The molecule has 0 spiro atoms. The van der Waals surface area contributed by atoms with Gasteiger partial charge in [-0.15, -0.1) is 0 Å². The molecular weight excluding hydrogens is 212 g/mol. The van der Waals surface area contributed by atoms with Crippen molar-refractivity contribution in [3.63, 3.8) is 0 Å². The summed E-state index contributed by atoms with van der Waals surface area (Å²) in [6.07, 6.45) is 3.53. The summed E-state index contributed by atoms with van der Waals surface area (Å²) in [5, 5.41) is 0. The molecule has 0 atom stereocenters. The molecule has 1 aromatic rings. The topological polar surface area (TPSA) is 26.3 Å². The van der Waals surface area contributed by atoms with Gasteiger partial charge in [0.2, 0.25) is 0 Å². The van der Waals surface area contributed by atoms with E-state index >= 15 is 0 Å². The Kier molecular flexibility index (Phi) is 5.47. The molecule has 92 valence electrons. The molecule has 0 amide bonds. The number of carbonyl (C=O) groups is 1. The number of carbonyl (C=O) groups excluding carboxylic acids is 1. The van der Waals surface area contributed by atoms with Gasteiger partial charge >= 0.3 is 5.97 Å². The number of methoxy groups -OCH3 is 1. The maximum atomic E-state index is 11.6. The summed E-state index contributed by atoms with van der Waals surface area (Å²) in [5.74, 6) is 0.319. The molecule has 0 bridgehead atoms. The van der Waals surface area contributed by atoms with Crippen LogP contribution >= 0.6 is 0 Å². The molecular formula is C15H20O2. The van der Waals surface area contributed by atoms with Crippen LogP contribution in [0.25, 0.3) is 0 Å². The fourth-order valence-corrected chi connectivity index (χ4v) is 1.55. The van der Waals surface area contributed by atoms with Crippen LogP contribution in [0, 0.1) is 5.92 Å². The van der Waals surface area contributed by atoms with E-state index in [1.54, 1.807) is 0 Å². The lowest BCUT2D eigenvalue weighted by atomic mass is 10.0. The highest BCUT2D eigenvalue weighted by Crippen LogP contribution is 2.12. The third-order valence-electron chi connectivity index (χ3n) is 2.52. The van der Waals surface area contributed by atoms with E-state index in [1.165, 1.54) is 7.11 Å². The van der Waals surface area contributed by atoms with Gasteiger partial charge in [-0.25, -0.2) is 4.79 Å². The first-order valence-electron chi connectivity index (χ1n) is 5.94. The largest absolute Gasteiger partial charge is 0.466 e. The first-order chi connectivity index (χ1) is 8.13. The Morgan fingerprint density at radius 2 is 1.94 bits per heavy atom. The second-order valence-corrected chi connectivity index (χ2v) is 4.51. The minimum atomic E-state index is -0.227. The summed E-state index contributed by atoms with van der Waals surface area (Å²) in [5.41, 5.74) is 1.88. The second-order valence-electron chi connectivity index (χ2n) is 4.51. The lowest BCUT2D eigenvalue weighted by Gasteiger charge is -2.07. The molecule has 2 heteroatoms. The molecule has 0 aromatic heterocycles. The maximum Gasteiger partial charge on any atom is 0.333 e. The third kappa shape index (κ3) is 4.85. The number of allylic oxidation sites excluding steroid dienone is 1. The predicted octanol–water partition coefficient (Wildman–Crippen LogP) is 3.37. The number of rotatable bonds is 5. The molecule has 0 radical (unpaired) electrons. The Hall–Kier alpha value is -1.57. The average molecular weight is 232 g/mol. The van der Waals surface area contributed by atoms with E-state index in [9.17, 15) is 4.79 Å². The molecule has 1 rings (SSSR count). The van der Waals surface area contributed by atoms with Crippen LogP contribution in [0.2, 0.25) is 0 Å². The quantitative estimate of drug-likeness (QED) is 0.574. The van der Waals surface area contributed by atoms with Gasteiger partial charge in [-0.1, -0.05) is 50.3 Å². The smallest absolute Gasteiger partial charge is 0.333 e. The Morgan fingerprint density at radius 1 is 1.29 bits per heavy atom. The fourth-order valence-electron chi connectivity index (χ4n) is 1.55. The second kappa shape index (κ2) is 6.89. The Labute approximate surface area is 103 Å². The van der Waals surface area contributed by atoms with Crippen molar-refractivity contribution in [3.05, 3.63) is 47.5 Å². The molecule has 0 aliphatic heterocycles. The summed E-state index contributed by atoms with van der Waals surface area (Å²) in [6, 6.07) is 9.97. The number of hydrogen-bond donors (Lipinski definition) is 0. The van der Waals surface area contributed by atoms with Crippen molar-refractivity contribution >= 4 is 5.97 Å². The van der Waals surface area contributed by atoms with Gasteiger partial charge in [0.05, 0.1) is 7.11 Å². The van der Waals surface area contributed by atoms with Gasteiger partial charge < -0.3 is 4.74 Å². The first kappa shape index (κ1) is 13.5. The highest BCUT2D eigenvalue weighted by Gasteiger charge is 2.10. The van der Waals surface area contributed by atoms with E-state index in [1.807, 2.05) is 36.4 Å². The van der Waals surface area contributed by atoms with Gasteiger partial charge in [-0.2, -0.15) is 0 Å². The molecule has 2 nitrogen and oxygen atoms in total. The molecule has 0 saturated carbocycles. The number of esters is 1. The highest BCUT2D eigenvalue weighted by molar-refractivity contribution is 5.88. The van der Waals surface area contributed by atoms with E-state index in [-0.39, 0.29) is 5.97 Å². The fraction of sp³-hybridized carbons (Fsp3) is 0.400. The lowest BCUT2D eigenvalue weighted by molar-refractivity contribution is -0.136. The van der Waals surface area contributed by atoms with Crippen LogP contribution in [0.1, 0.15) is 25.8 Å². The summed E-state index contributed by atoms with van der Waals surface area (Å²) in [7, 11) is 1.43. The van der Waals surface area contributed by atoms with Crippen LogP contribution in [0.5, 0.6) is 0 Å². The summed E-state index contributed by atoms with van der Waals surface area (Å²) < 4.78 is 4.81.